The summed E-state index contributed by atoms with van der Waals surface area (Å²) < 4.78 is 58.8. The van der Waals surface area contributed by atoms with E-state index in [1.807, 2.05) is 56.3 Å². The molecule has 0 unspecified atom stereocenters. The maximum Gasteiger partial charge on any atom is 0.243 e. The van der Waals surface area contributed by atoms with Crippen molar-refractivity contribution < 1.29 is 16.8 Å². The van der Waals surface area contributed by atoms with Crippen molar-refractivity contribution >= 4 is 77.7 Å². The number of sulfonamides is 2. The first-order chi connectivity index (χ1) is 35.3. The van der Waals surface area contributed by atoms with Crippen molar-refractivity contribution in [1.29, 1.82) is 0 Å². The lowest BCUT2D eigenvalue weighted by Gasteiger charge is -2.36. The van der Waals surface area contributed by atoms with Crippen molar-refractivity contribution in [1.82, 2.24) is 38.8 Å². The molecule has 1 aliphatic carbocycles. The summed E-state index contributed by atoms with van der Waals surface area (Å²) in [6, 6.07) is 28.9. The standard InChI is InChI=1S/C53H66N14O4S2/c1-38-35-54-52(60-50(38)56-44-11-8-12-48(33-44)72(68,69)62-43-9-4-5-10-43)58-42-15-19-47(20-16-42)66-29-25-64(26-30-66)37-40-31-45(34-49(32-40)73(70,71)67-21-6-7-22-67)57-51-39(2)36-55-53(61-51)59-41-13-17-46(18-14-41)65-27-23-63(3)24-28-65/h8,11-20,31-36,43,62H,4-7,9-10,21-30,37H2,1-3H3,(H2,54,56,58,60)(H2,55,57,59,61). The summed E-state index contributed by atoms with van der Waals surface area (Å²) in [5.41, 5.74) is 7.81. The third-order valence-corrected chi connectivity index (χ3v) is 17.6. The van der Waals surface area contributed by atoms with E-state index in [0.29, 0.717) is 54.5 Å². The largest absolute Gasteiger partial charge is 0.369 e. The Labute approximate surface area is 429 Å². The summed E-state index contributed by atoms with van der Waals surface area (Å²) in [7, 11) is -5.20. The minimum absolute atomic E-state index is 0.0182. The minimum Gasteiger partial charge on any atom is -0.369 e. The average Bonchev–Trinajstić information content (AvgIpc) is 4.14. The van der Waals surface area contributed by atoms with Gasteiger partial charge in [0.15, 0.2) is 0 Å². The van der Waals surface area contributed by atoms with Crippen LogP contribution in [0.3, 0.4) is 0 Å². The summed E-state index contributed by atoms with van der Waals surface area (Å²) in [6.45, 7) is 12.7. The molecule has 0 bridgehead atoms. The molecule has 6 aromatic rings. The number of anilines is 10. The van der Waals surface area contributed by atoms with Crippen molar-refractivity contribution in [3.8, 4) is 0 Å². The fourth-order valence-corrected chi connectivity index (χ4v) is 12.9. The lowest BCUT2D eigenvalue weighted by Crippen LogP contribution is -2.46. The maximum absolute atomic E-state index is 14.1. The topological polar surface area (TPSA) is 196 Å². The highest BCUT2D eigenvalue weighted by molar-refractivity contribution is 7.89. The van der Waals surface area contributed by atoms with Gasteiger partial charge in [0.1, 0.15) is 11.6 Å². The highest BCUT2D eigenvalue weighted by Crippen LogP contribution is 2.31. The molecular weight excluding hydrogens is 961 g/mol. The van der Waals surface area contributed by atoms with Crippen molar-refractivity contribution in [3.05, 3.63) is 120 Å². The third kappa shape index (κ3) is 12.3. The molecule has 4 aliphatic rings. The first kappa shape index (κ1) is 50.1. The summed E-state index contributed by atoms with van der Waals surface area (Å²) in [5.74, 6) is 2.01. The van der Waals surface area contributed by atoms with Gasteiger partial charge in [0.25, 0.3) is 0 Å². The highest BCUT2D eigenvalue weighted by atomic mass is 32.2. The van der Waals surface area contributed by atoms with Crippen molar-refractivity contribution in [2.75, 3.05) is 104 Å². The van der Waals surface area contributed by atoms with Crippen LogP contribution in [-0.4, -0.2) is 129 Å². The van der Waals surface area contributed by atoms with E-state index in [1.165, 1.54) is 5.69 Å². The van der Waals surface area contributed by atoms with Gasteiger partial charge in [0.05, 0.1) is 9.79 Å². The molecule has 0 atom stereocenters. The number of nitrogens with one attached hydrogen (secondary N) is 5. The molecule has 5 N–H and O–H groups in total. The Hall–Kier alpha value is -6.42. The number of likely N-dealkylation sites (N-methyl/N-ethyl adjacent to an activating group) is 1. The van der Waals surface area contributed by atoms with Crippen LogP contribution >= 0.6 is 0 Å². The zero-order valence-corrected chi connectivity index (χ0v) is 43.5. The molecule has 384 valence electrons. The second kappa shape index (κ2) is 22.0. The normalized spacial score (nSPS) is 17.5. The van der Waals surface area contributed by atoms with E-state index in [9.17, 15) is 16.8 Å². The summed E-state index contributed by atoms with van der Waals surface area (Å²) in [6.07, 6.45) is 9.02. The zero-order valence-electron chi connectivity index (χ0n) is 41.9. The number of hydrogen-bond acceptors (Lipinski definition) is 16. The van der Waals surface area contributed by atoms with Gasteiger partial charge in [-0.3, -0.25) is 4.90 Å². The van der Waals surface area contributed by atoms with Gasteiger partial charge in [0.2, 0.25) is 31.9 Å². The van der Waals surface area contributed by atoms with Crippen LogP contribution in [0.2, 0.25) is 0 Å². The molecule has 2 aromatic heterocycles. The Morgan fingerprint density at radius 1 is 0.548 bits per heavy atom. The number of nitrogens with zero attached hydrogens (tertiary/aromatic N) is 9. The third-order valence-electron chi connectivity index (χ3n) is 14.2. The van der Waals surface area contributed by atoms with E-state index in [2.05, 4.69) is 86.9 Å². The quantitative estimate of drug-likeness (QED) is 0.0590. The maximum atomic E-state index is 14.1. The SMILES string of the molecule is Cc1cnc(Nc2ccc(N3CCN(Cc4cc(Nc5nc(Nc6ccc(N7CCN(C)CC7)cc6)ncc5C)cc(S(=O)(=O)N5CCCC5)c4)CC3)cc2)nc1Nc1cccc(S(=O)(=O)NC2CCCC2)c1. The highest BCUT2D eigenvalue weighted by Gasteiger charge is 2.29. The molecule has 18 nitrogen and oxygen atoms in total. The molecule has 1 saturated carbocycles. The molecular formula is C53H66N14O4S2. The van der Waals surface area contributed by atoms with E-state index in [4.69, 9.17) is 9.97 Å². The summed E-state index contributed by atoms with van der Waals surface area (Å²) >= 11 is 0. The average molecular weight is 1030 g/mol. The van der Waals surface area contributed by atoms with Gasteiger partial charge in [-0.25, -0.2) is 31.5 Å². The van der Waals surface area contributed by atoms with Crippen LogP contribution in [0.5, 0.6) is 0 Å². The number of piperazine rings is 2. The van der Waals surface area contributed by atoms with Crippen LogP contribution in [-0.2, 0) is 26.6 Å². The number of benzene rings is 4. The van der Waals surface area contributed by atoms with E-state index in [-0.39, 0.29) is 15.8 Å². The summed E-state index contributed by atoms with van der Waals surface area (Å²) in [4.78, 5) is 28.6. The Bertz CT molecular complexity index is 3100. The van der Waals surface area contributed by atoms with E-state index in [1.54, 1.807) is 41.0 Å². The monoisotopic (exact) mass is 1030 g/mol. The molecule has 3 aliphatic heterocycles. The lowest BCUT2D eigenvalue weighted by molar-refractivity contribution is 0.249. The Morgan fingerprint density at radius 3 is 1.66 bits per heavy atom. The van der Waals surface area contributed by atoms with Gasteiger partial charge in [-0.1, -0.05) is 18.9 Å². The van der Waals surface area contributed by atoms with Gasteiger partial charge in [-0.2, -0.15) is 14.3 Å². The lowest BCUT2D eigenvalue weighted by atomic mass is 10.1. The molecule has 73 heavy (non-hydrogen) atoms. The van der Waals surface area contributed by atoms with E-state index in [0.717, 1.165) is 125 Å². The molecule has 4 aromatic carbocycles. The second-order valence-electron chi connectivity index (χ2n) is 19.7. The summed E-state index contributed by atoms with van der Waals surface area (Å²) in [5, 5.41) is 13.4. The van der Waals surface area contributed by atoms with Crippen LogP contribution in [0, 0.1) is 13.8 Å². The minimum atomic E-state index is -3.71. The second-order valence-corrected chi connectivity index (χ2v) is 23.4. The Morgan fingerprint density at radius 2 is 1.08 bits per heavy atom. The molecule has 0 amide bonds. The predicted octanol–water partition coefficient (Wildman–Crippen LogP) is 7.94. The number of rotatable bonds is 17. The molecule has 10 rings (SSSR count). The van der Waals surface area contributed by atoms with Crippen LogP contribution in [0.1, 0.15) is 55.2 Å². The van der Waals surface area contributed by atoms with Crippen molar-refractivity contribution in [2.45, 2.75) is 74.7 Å². The van der Waals surface area contributed by atoms with Gasteiger partial charge < -0.3 is 36.0 Å². The smallest absolute Gasteiger partial charge is 0.243 e. The van der Waals surface area contributed by atoms with Gasteiger partial charge in [-0.05, 0) is 137 Å². The Kier molecular flexibility index (Phi) is 15.1. The molecule has 4 fully saturated rings. The fraction of sp³-hybridized carbons (Fsp3) is 0.396. The Balaban J connectivity index is 0.770. The predicted molar refractivity (Wildman–Crippen MR) is 290 cm³/mol. The molecule has 3 saturated heterocycles. The van der Waals surface area contributed by atoms with Crippen LogP contribution < -0.4 is 35.8 Å². The van der Waals surface area contributed by atoms with Crippen LogP contribution in [0.4, 0.5) is 57.7 Å². The fourth-order valence-electron chi connectivity index (χ4n) is 9.91. The van der Waals surface area contributed by atoms with Gasteiger partial charge in [0, 0.05) is 136 Å². The van der Waals surface area contributed by atoms with Gasteiger partial charge in [-0.15, -0.1) is 0 Å². The van der Waals surface area contributed by atoms with Crippen LogP contribution in [0.15, 0.2) is 113 Å². The van der Waals surface area contributed by atoms with Crippen LogP contribution in [0.25, 0.3) is 0 Å². The van der Waals surface area contributed by atoms with Crippen molar-refractivity contribution in [3.63, 3.8) is 0 Å². The van der Waals surface area contributed by atoms with Gasteiger partial charge >= 0.3 is 0 Å². The molecule has 20 heteroatoms. The number of aryl methyl sites for hydroxylation is 2. The number of hydrogen-bond donors (Lipinski definition) is 5. The molecule has 0 radical (unpaired) electrons. The molecule has 0 spiro atoms. The first-order valence-electron chi connectivity index (χ1n) is 25.4. The first-order valence-corrected chi connectivity index (χ1v) is 28.3. The van der Waals surface area contributed by atoms with E-state index >= 15 is 0 Å². The van der Waals surface area contributed by atoms with Crippen molar-refractivity contribution in [2.24, 2.45) is 0 Å². The van der Waals surface area contributed by atoms with E-state index < -0.39 is 20.0 Å². The zero-order chi connectivity index (χ0) is 50.5. The molecule has 5 heterocycles. The number of aromatic nitrogens is 4.